The topological polar surface area (TPSA) is 56.3 Å². The van der Waals surface area contributed by atoms with Crippen molar-refractivity contribution in [2.24, 2.45) is 12.8 Å². The molecule has 0 bridgehead atoms. The van der Waals surface area contributed by atoms with Crippen LogP contribution in [0.4, 0.5) is 0 Å². The maximum absolute atomic E-state index is 6.18. The van der Waals surface area contributed by atoms with Crippen LogP contribution in [0.3, 0.4) is 0 Å². The Kier molecular flexibility index (Phi) is 3.58. The Morgan fingerprint density at radius 1 is 1.62 bits per heavy atom. The van der Waals surface area contributed by atoms with Gasteiger partial charge in [-0.15, -0.1) is 0 Å². The molecule has 1 fully saturated rings. The number of nitrogens with two attached hydrogens (primary N) is 1. The maximum atomic E-state index is 6.18. The second-order valence-electron chi connectivity index (χ2n) is 4.31. The number of ether oxygens (including phenoxy) is 1. The summed E-state index contributed by atoms with van der Waals surface area (Å²) in [5.41, 5.74) is 7.37. The second kappa shape index (κ2) is 4.95. The van der Waals surface area contributed by atoms with Crippen LogP contribution in [0, 0.1) is 0 Å². The number of hydrogen-bond donors (Lipinski definition) is 1. The SMILES string of the molecule is COCCN1CCC(N)C1c1ccnn1C. The molecule has 16 heavy (non-hydrogen) atoms. The van der Waals surface area contributed by atoms with E-state index >= 15 is 0 Å². The average molecular weight is 224 g/mol. The first kappa shape index (κ1) is 11.6. The van der Waals surface area contributed by atoms with Crippen molar-refractivity contribution in [2.75, 3.05) is 26.8 Å². The molecule has 2 heterocycles. The molecule has 2 atom stereocenters. The molecule has 90 valence electrons. The fourth-order valence-corrected chi connectivity index (χ4v) is 2.42. The monoisotopic (exact) mass is 224 g/mol. The first-order valence-corrected chi connectivity index (χ1v) is 5.70. The Labute approximate surface area is 96.2 Å². The molecule has 2 N–H and O–H groups in total. The summed E-state index contributed by atoms with van der Waals surface area (Å²) < 4.78 is 7.04. The summed E-state index contributed by atoms with van der Waals surface area (Å²) in [5, 5.41) is 4.21. The number of aryl methyl sites for hydroxylation is 1. The van der Waals surface area contributed by atoms with Gasteiger partial charge in [0.05, 0.1) is 18.3 Å². The summed E-state index contributed by atoms with van der Waals surface area (Å²) in [6, 6.07) is 2.53. The van der Waals surface area contributed by atoms with Crippen LogP contribution in [0.5, 0.6) is 0 Å². The summed E-state index contributed by atoms with van der Waals surface area (Å²) >= 11 is 0. The van der Waals surface area contributed by atoms with Gasteiger partial charge in [0.15, 0.2) is 0 Å². The van der Waals surface area contributed by atoms with Gasteiger partial charge < -0.3 is 10.5 Å². The molecule has 2 unspecified atom stereocenters. The molecule has 1 aromatic rings. The van der Waals surface area contributed by atoms with E-state index in [1.54, 1.807) is 7.11 Å². The Morgan fingerprint density at radius 3 is 3.06 bits per heavy atom. The zero-order valence-electron chi connectivity index (χ0n) is 9.97. The predicted octanol–water partition coefficient (Wildman–Crippen LogP) is 0.141. The van der Waals surface area contributed by atoms with Crippen molar-refractivity contribution in [3.05, 3.63) is 18.0 Å². The zero-order valence-corrected chi connectivity index (χ0v) is 9.97. The van der Waals surface area contributed by atoms with Crippen molar-refractivity contribution in [3.63, 3.8) is 0 Å². The molecule has 1 saturated heterocycles. The van der Waals surface area contributed by atoms with E-state index in [4.69, 9.17) is 10.5 Å². The number of hydrogen-bond acceptors (Lipinski definition) is 4. The third kappa shape index (κ3) is 2.11. The third-order valence-electron chi connectivity index (χ3n) is 3.29. The molecule has 0 radical (unpaired) electrons. The standard InChI is InChI=1S/C11H20N4O/c1-14-10(3-5-13-14)11-9(12)4-6-15(11)7-8-16-2/h3,5,9,11H,4,6-8,12H2,1-2H3. The van der Waals surface area contributed by atoms with Gasteiger partial charge >= 0.3 is 0 Å². The van der Waals surface area contributed by atoms with Gasteiger partial charge in [-0.2, -0.15) is 5.10 Å². The summed E-state index contributed by atoms with van der Waals surface area (Å²) in [5.74, 6) is 0. The number of rotatable bonds is 4. The van der Waals surface area contributed by atoms with E-state index in [-0.39, 0.29) is 12.1 Å². The highest BCUT2D eigenvalue weighted by Gasteiger charge is 2.34. The Bertz CT molecular complexity index is 338. The molecule has 0 aromatic carbocycles. The van der Waals surface area contributed by atoms with Crippen molar-refractivity contribution in [1.29, 1.82) is 0 Å². The van der Waals surface area contributed by atoms with E-state index in [9.17, 15) is 0 Å². The largest absolute Gasteiger partial charge is 0.383 e. The van der Waals surface area contributed by atoms with Gasteiger partial charge in [0.2, 0.25) is 0 Å². The van der Waals surface area contributed by atoms with Gasteiger partial charge in [0, 0.05) is 39.5 Å². The van der Waals surface area contributed by atoms with Crippen molar-refractivity contribution >= 4 is 0 Å². The molecule has 5 heteroatoms. The molecule has 2 rings (SSSR count). The van der Waals surface area contributed by atoms with Crippen LogP contribution in [-0.2, 0) is 11.8 Å². The minimum absolute atomic E-state index is 0.201. The summed E-state index contributed by atoms with van der Waals surface area (Å²) in [6.45, 7) is 2.72. The van der Waals surface area contributed by atoms with E-state index in [1.807, 2.05) is 17.9 Å². The highest BCUT2D eigenvalue weighted by Crippen LogP contribution is 2.30. The van der Waals surface area contributed by atoms with Crippen molar-refractivity contribution < 1.29 is 4.74 Å². The molecule has 1 aromatic heterocycles. The first-order chi connectivity index (χ1) is 7.74. The van der Waals surface area contributed by atoms with Crippen molar-refractivity contribution in [2.45, 2.75) is 18.5 Å². The molecule has 0 saturated carbocycles. The van der Waals surface area contributed by atoms with E-state index in [1.165, 1.54) is 5.69 Å². The predicted molar refractivity (Wildman–Crippen MR) is 62.0 cm³/mol. The van der Waals surface area contributed by atoms with E-state index in [0.717, 1.165) is 26.1 Å². The van der Waals surface area contributed by atoms with Crippen LogP contribution in [0.1, 0.15) is 18.2 Å². The van der Waals surface area contributed by atoms with E-state index in [0.29, 0.717) is 0 Å². The Balaban J connectivity index is 2.13. The zero-order chi connectivity index (χ0) is 11.5. The molecular formula is C11H20N4O. The fraction of sp³-hybridized carbons (Fsp3) is 0.727. The average Bonchev–Trinajstić information content (AvgIpc) is 2.82. The lowest BCUT2D eigenvalue weighted by atomic mass is 10.1. The Hall–Kier alpha value is -0.910. The highest BCUT2D eigenvalue weighted by atomic mass is 16.5. The Morgan fingerprint density at radius 2 is 2.44 bits per heavy atom. The molecule has 1 aliphatic rings. The lowest BCUT2D eigenvalue weighted by molar-refractivity contribution is 0.136. The van der Waals surface area contributed by atoms with E-state index in [2.05, 4.69) is 16.1 Å². The number of nitrogens with zero attached hydrogens (tertiary/aromatic N) is 3. The van der Waals surface area contributed by atoms with Gasteiger partial charge in [0.25, 0.3) is 0 Å². The fourth-order valence-electron chi connectivity index (χ4n) is 2.42. The van der Waals surface area contributed by atoms with Crippen LogP contribution >= 0.6 is 0 Å². The van der Waals surface area contributed by atoms with Crippen LogP contribution in [0.25, 0.3) is 0 Å². The third-order valence-corrected chi connectivity index (χ3v) is 3.29. The minimum Gasteiger partial charge on any atom is -0.383 e. The normalized spacial score (nSPS) is 26.4. The molecule has 0 amide bonds. The number of aromatic nitrogens is 2. The van der Waals surface area contributed by atoms with Gasteiger partial charge in [0.1, 0.15) is 0 Å². The number of methoxy groups -OCH3 is 1. The van der Waals surface area contributed by atoms with Crippen molar-refractivity contribution in [3.8, 4) is 0 Å². The van der Waals surface area contributed by atoms with Crippen LogP contribution < -0.4 is 5.73 Å². The van der Waals surface area contributed by atoms with Gasteiger partial charge in [-0.05, 0) is 12.5 Å². The second-order valence-corrected chi connectivity index (χ2v) is 4.31. The molecule has 1 aliphatic heterocycles. The van der Waals surface area contributed by atoms with Crippen LogP contribution in [-0.4, -0.2) is 47.5 Å². The van der Waals surface area contributed by atoms with Gasteiger partial charge in [-0.25, -0.2) is 0 Å². The summed E-state index contributed by atoms with van der Waals surface area (Å²) in [4.78, 5) is 2.38. The lowest BCUT2D eigenvalue weighted by Gasteiger charge is -2.26. The lowest BCUT2D eigenvalue weighted by Crippen LogP contribution is -2.35. The quantitative estimate of drug-likeness (QED) is 0.790. The summed E-state index contributed by atoms with van der Waals surface area (Å²) in [6.07, 6.45) is 2.87. The van der Waals surface area contributed by atoms with Gasteiger partial charge in [-0.3, -0.25) is 9.58 Å². The molecule has 0 aliphatic carbocycles. The number of likely N-dealkylation sites (tertiary alicyclic amines) is 1. The highest BCUT2D eigenvalue weighted by molar-refractivity contribution is 5.12. The first-order valence-electron chi connectivity index (χ1n) is 5.70. The molecule has 5 nitrogen and oxygen atoms in total. The smallest absolute Gasteiger partial charge is 0.0671 e. The summed E-state index contributed by atoms with van der Waals surface area (Å²) in [7, 11) is 3.70. The van der Waals surface area contributed by atoms with Crippen LogP contribution in [0.15, 0.2) is 12.3 Å². The van der Waals surface area contributed by atoms with Crippen LogP contribution in [0.2, 0.25) is 0 Å². The molecular weight excluding hydrogens is 204 g/mol. The van der Waals surface area contributed by atoms with Gasteiger partial charge in [-0.1, -0.05) is 0 Å². The minimum atomic E-state index is 0.201. The van der Waals surface area contributed by atoms with E-state index < -0.39 is 0 Å². The maximum Gasteiger partial charge on any atom is 0.0671 e. The van der Waals surface area contributed by atoms with Crippen molar-refractivity contribution in [1.82, 2.24) is 14.7 Å². The molecule has 0 spiro atoms.